The Morgan fingerprint density at radius 2 is 2.00 bits per heavy atom. The highest BCUT2D eigenvalue weighted by molar-refractivity contribution is 6.31. The van der Waals surface area contributed by atoms with Gasteiger partial charge in [-0.05, 0) is 17.7 Å². The SMILES string of the molecule is [NH]Cc1ccc(OC(F)(F)F)cc1Cl. The maximum atomic E-state index is 11.8. The number of hydrogen-bond acceptors (Lipinski definition) is 1. The van der Waals surface area contributed by atoms with Crippen LogP contribution in [0.5, 0.6) is 5.75 Å². The van der Waals surface area contributed by atoms with Crippen LogP contribution in [0.4, 0.5) is 13.2 Å². The molecule has 0 spiro atoms. The minimum Gasteiger partial charge on any atom is -0.406 e. The molecule has 0 aromatic heterocycles. The van der Waals surface area contributed by atoms with Crippen molar-refractivity contribution in [2.75, 3.05) is 0 Å². The molecule has 0 saturated heterocycles. The smallest absolute Gasteiger partial charge is 0.406 e. The maximum Gasteiger partial charge on any atom is 0.573 e. The van der Waals surface area contributed by atoms with Gasteiger partial charge in [-0.2, -0.15) is 0 Å². The monoisotopic (exact) mass is 224 g/mol. The van der Waals surface area contributed by atoms with E-state index >= 15 is 0 Å². The first-order valence-corrected chi connectivity index (χ1v) is 3.99. The summed E-state index contributed by atoms with van der Waals surface area (Å²) in [5.74, 6) is -0.375. The zero-order chi connectivity index (χ0) is 10.8. The molecule has 1 N–H and O–H groups in total. The van der Waals surface area contributed by atoms with E-state index in [1.165, 1.54) is 6.07 Å². The van der Waals surface area contributed by atoms with Gasteiger partial charge in [0.05, 0.1) is 0 Å². The quantitative estimate of drug-likeness (QED) is 0.760. The Balaban J connectivity index is 2.87. The van der Waals surface area contributed by atoms with E-state index in [0.717, 1.165) is 12.1 Å². The van der Waals surface area contributed by atoms with Gasteiger partial charge >= 0.3 is 6.36 Å². The van der Waals surface area contributed by atoms with E-state index in [-0.39, 0.29) is 17.3 Å². The van der Waals surface area contributed by atoms with Crippen LogP contribution in [0.2, 0.25) is 5.02 Å². The summed E-state index contributed by atoms with van der Waals surface area (Å²) in [7, 11) is 0. The summed E-state index contributed by atoms with van der Waals surface area (Å²) in [6, 6.07) is 3.50. The minimum absolute atomic E-state index is 0.0782. The molecular formula is C8H6ClF3NO. The highest BCUT2D eigenvalue weighted by Crippen LogP contribution is 2.27. The molecule has 0 aliphatic carbocycles. The van der Waals surface area contributed by atoms with Crippen molar-refractivity contribution in [1.29, 1.82) is 0 Å². The molecule has 6 heteroatoms. The third kappa shape index (κ3) is 3.08. The largest absolute Gasteiger partial charge is 0.573 e. The second-order valence-electron chi connectivity index (χ2n) is 2.48. The summed E-state index contributed by atoms with van der Waals surface area (Å²) in [5.41, 5.74) is 7.45. The molecule has 14 heavy (non-hydrogen) atoms. The first-order valence-electron chi connectivity index (χ1n) is 3.61. The summed E-state index contributed by atoms with van der Waals surface area (Å²) in [4.78, 5) is 0. The van der Waals surface area contributed by atoms with E-state index in [1.807, 2.05) is 0 Å². The molecule has 0 bridgehead atoms. The van der Waals surface area contributed by atoms with Crippen LogP contribution >= 0.6 is 11.6 Å². The van der Waals surface area contributed by atoms with Crippen LogP contribution < -0.4 is 10.5 Å². The van der Waals surface area contributed by atoms with Crippen molar-refractivity contribution in [3.63, 3.8) is 0 Å². The molecular weight excluding hydrogens is 219 g/mol. The second-order valence-corrected chi connectivity index (χ2v) is 2.88. The van der Waals surface area contributed by atoms with Crippen molar-refractivity contribution < 1.29 is 17.9 Å². The predicted octanol–water partition coefficient (Wildman–Crippen LogP) is 3.02. The number of nitrogens with one attached hydrogen (secondary N) is 1. The normalized spacial score (nSPS) is 11.5. The van der Waals surface area contributed by atoms with Gasteiger partial charge < -0.3 is 4.74 Å². The molecule has 77 valence electrons. The molecule has 1 aromatic rings. The lowest BCUT2D eigenvalue weighted by Crippen LogP contribution is -2.17. The van der Waals surface area contributed by atoms with E-state index in [9.17, 15) is 13.2 Å². The van der Waals surface area contributed by atoms with Gasteiger partial charge in [0, 0.05) is 11.6 Å². The fourth-order valence-electron chi connectivity index (χ4n) is 0.869. The summed E-state index contributed by atoms with van der Waals surface area (Å²) < 4.78 is 38.9. The molecule has 0 atom stereocenters. The second kappa shape index (κ2) is 4.06. The Bertz CT molecular complexity index is 327. The van der Waals surface area contributed by atoms with Gasteiger partial charge in [0.15, 0.2) is 0 Å². The van der Waals surface area contributed by atoms with Gasteiger partial charge in [-0.15, -0.1) is 13.2 Å². The van der Waals surface area contributed by atoms with Crippen LogP contribution in [0.3, 0.4) is 0 Å². The molecule has 1 radical (unpaired) electrons. The Morgan fingerprint density at radius 1 is 1.36 bits per heavy atom. The Morgan fingerprint density at radius 3 is 2.43 bits per heavy atom. The van der Waals surface area contributed by atoms with Crippen LogP contribution in [0, 0.1) is 0 Å². The van der Waals surface area contributed by atoms with Crippen molar-refractivity contribution in [2.24, 2.45) is 0 Å². The fourth-order valence-corrected chi connectivity index (χ4v) is 1.11. The van der Waals surface area contributed by atoms with Gasteiger partial charge in [0.25, 0.3) is 0 Å². The molecule has 0 amide bonds. The van der Waals surface area contributed by atoms with Crippen LogP contribution in [-0.2, 0) is 6.54 Å². The van der Waals surface area contributed by atoms with Crippen molar-refractivity contribution in [2.45, 2.75) is 12.9 Å². The summed E-state index contributed by atoms with van der Waals surface area (Å²) in [6.07, 6.45) is -4.72. The fraction of sp³-hybridized carbons (Fsp3) is 0.250. The number of alkyl halides is 3. The molecule has 2 nitrogen and oxygen atoms in total. The zero-order valence-corrected chi connectivity index (χ0v) is 7.62. The van der Waals surface area contributed by atoms with Gasteiger partial charge in [-0.25, -0.2) is 0 Å². The number of hydrogen-bond donors (Lipinski definition) is 0. The van der Waals surface area contributed by atoms with Crippen LogP contribution in [0.1, 0.15) is 5.56 Å². The topological polar surface area (TPSA) is 33.0 Å². The molecule has 0 heterocycles. The number of rotatable bonds is 2. The van der Waals surface area contributed by atoms with Crippen LogP contribution in [-0.4, -0.2) is 6.36 Å². The van der Waals surface area contributed by atoms with Gasteiger partial charge in [-0.3, -0.25) is 5.73 Å². The lowest BCUT2D eigenvalue weighted by molar-refractivity contribution is -0.274. The van der Waals surface area contributed by atoms with E-state index in [2.05, 4.69) is 4.74 Å². The Labute approximate surface area is 83.4 Å². The maximum absolute atomic E-state index is 11.8. The Kier molecular flexibility index (Phi) is 3.23. The standard InChI is InChI=1S/C8H6ClF3NO/c9-7-3-6(14-8(10,11)12)2-1-5(7)4-13/h1-3,13H,4H2. The highest BCUT2D eigenvalue weighted by Gasteiger charge is 2.31. The summed E-state index contributed by atoms with van der Waals surface area (Å²) in [5, 5.41) is 0.0988. The average molecular weight is 225 g/mol. The van der Waals surface area contributed by atoms with Crippen molar-refractivity contribution in [3.05, 3.63) is 28.8 Å². The number of benzene rings is 1. The van der Waals surface area contributed by atoms with Crippen molar-refractivity contribution in [3.8, 4) is 5.75 Å². The van der Waals surface area contributed by atoms with E-state index in [1.54, 1.807) is 0 Å². The van der Waals surface area contributed by atoms with E-state index in [4.69, 9.17) is 17.3 Å². The molecule has 0 unspecified atom stereocenters. The van der Waals surface area contributed by atoms with Crippen molar-refractivity contribution in [1.82, 2.24) is 5.73 Å². The average Bonchev–Trinajstić information content (AvgIpc) is 2.01. The molecule has 0 saturated carbocycles. The molecule has 0 aliphatic rings. The first-order chi connectivity index (χ1) is 6.42. The van der Waals surface area contributed by atoms with Crippen LogP contribution in [0.15, 0.2) is 18.2 Å². The first kappa shape index (κ1) is 11.1. The number of ether oxygens (including phenoxy) is 1. The number of halogens is 4. The molecule has 1 aromatic carbocycles. The molecule has 0 aliphatic heterocycles. The minimum atomic E-state index is -4.72. The van der Waals surface area contributed by atoms with Gasteiger partial charge in [0.1, 0.15) is 5.75 Å². The third-order valence-corrected chi connectivity index (χ3v) is 1.80. The predicted molar refractivity (Wildman–Crippen MR) is 44.9 cm³/mol. The summed E-state index contributed by atoms with van der Waals surface area (Å²) >= 11 is 5.59. The lowest BCUT2D eigenvalue weighted by Gasteiger charge is -2.09. The third-order valence-electron chi connectivity index (χ3n) is 1.45. The van der Waals surface area contributed by atoms with E-state index < -0.39 is 6.36 Å². The zero-order valence-electron chi connectivity index (χ0n) is 6.86. The highest BCUT2D eigenvalue weighted by atomic mass is 35.5. The van der Waals surface area contributed by atoms with Crippen LogP contribution in [0.25, 0.3) is 0 Å². The van der Waals surface area contributed by atoms with E-state index in [0.29, 0.717) is 5.56 Å². The van der Waals surface area contributed by atoms with Gasteiger partial charge in [0.2, 0.25) is 0 Å². The molecule has 1 rings (SSSR count). The van der Waals surface area contributed by atoms with Crippen molar-refractivity contribution >= 4 is 11.6 Å². The Hall–Kier alpha value is -0.940. The lowest BCUT2D eigenvalue weighted by atomic mass is 10.2. The summed E-state index contributed by atoms with van der Waals surface area (Å²) in [6.45, 7) is -0.0782. The molecule has 0 fully saturated rings. The van der Waals surface area contributed by atoms with Gasteiger partial charge in [-0.1, -0.05) is 17.7 Å².